The largest absolute Gasteiger partial charge is 0.389 e. The molecule has 1 aliphatic heterocycles. The summed E-state index contributed by atoms with van der Waals surface area (Å²) in [7, 11) is 0. The van der Waals surface area contributed by atoms with Crippen molar-refractivity contribution in [1.82, 2.24) is 5.32 Å². The number of rotatable bonds is 5. The summed E-state index contributed by atoms with van der Waals surface area (Å²) in [4.78, 5) is 0. The molecule has 0 spiro atoms. The molecule has 1 saturated heterocycles. The summed E-state index contributed by atoms with van der Waals surface area (Å²) >= 11 is 0. The van der Waals surface area contributed by atoms with Crippen molar-refractivity contribution in [3.8, 4) is 0 Å². The molecular formula is C14H25F3N2O. The standard InChI is InChI=1S/C14H25F3N2O/c1-12(2)11-10(5-3-8-20-11)13(12,18)9-19-7-4-6-14(15,16)17/h10-11,19H,3-9,18H2,1-2H3. The van der Waals surface area contributed by atoms with Crippen LogP contribution in [-0.2, 0) is 4.74 Å². The number of halogens is 3. The van der Waals surface area contributed by atoms with Gasteiger partial charge in [0.2, 0.25) is 0 Å². The molecule has 3 N–H and O–H groups in total. The number of fused-ring (bicyclic) bond motifs is 1. The van der Waals surface area contributed by atoms with Crippen molar-refractivity contribution in [3.05, 3.63) is 0 Å². The molecule has 0 aromatic carbocycles. The third-order valence-corrected chi connectivity index (χ3v) is 5.13. The Hall–Kier alpha value is -0.330. The molecule has 0 radical (unpaired) electrons. The molecular weight excluding hydrogens is 269 g/mol. The number of hydrogen-bond acceptors (Lipinski definition) is 3. The van der Waals surface area contributed by atoms with E-state index < -0.39 is 12.6 Å². The minimum atomic E-state index is -4.07. The molecule has 20 heavy (non-hydrogen) atoms. The Bertz CT molecular complexity index is 346. The highest BCUT2D eigenvalue weighted by Crippen LogP contribution is 2.56. The summed E-state index contributed by atoms with van der Waals surface area (Å²) in [6, 6.07) is 0. The van der Waals surface area contributed by atoms with Gasteiger partial charge in [-0.15, -0.1) is 0 Å². The van der Waals surface area contributed by atoms with Gasteiger partial charge in [0, 0.05) is 36.4 Å². The molecule has 3 unspecified atom stereocenters. The number of alkyl halides is 3. The van der Waals surface area contributed by atoms with Crippen LogP contribution >= 0.6 is 0 Å². The van der Waals surface area contributed by atoms with Crippen LogP contribution in [0.3, 0.4) is 0 Å². The molecule has 0 amide bonds. The molecule has 2 aliphatic rings. The lowest BCUT2D eigenvalue weighted by atomic mass is 9.46. The van der Waals surface area contributed by atoms with Gasteiger partial charge < -0.3 is 15.8 Å². The third-order valence-electron chi connectivity index (χ3n) is 5.13. The highest BCUT2D eigenvalue weighted by atomic mass is 19.4. The molecule has 0 aromatic heterocycles. The zero-order chi connectivity index (χ0) is 15.0. The number of ether oxygens (including phenoxy) is 1. The maximum absolute atomic E-state index is 12.1. The first kappa shape index (κ1) is 16.0. The highest BCUT2D eigenvalue weighted by molar-refractivity contribution is 5.20. The molecule has 1 aliphatic carbocycles. The van der Waals surface area contributed by atoms with E-state index in [0.29, 0.717) is 19.0 Å². The molecule has 6 heteroatoms. The Labute approximate surface area is 118 Å². The van der Waals surface area contributed by atoms with Crippen molar-refractivity contribution in [1.29, 1.82) is 0 Å². The fraction of sp³-hybridized carbons (Fsp3) is 1.00. The van der Waals surface area contributed by atoms with Crippen LogP contribution in [0.25, 0.3) is 0 Å². The van der Waals surface area contributed by atoms with E-state index in [1.54, 1.807) is 0 Å². The molecule has 0 bridgehead atoms. The van der Waals surface area contributed by atoms with Gasteiger partial charge in [-0.1, -0.05) is 13.8 Å². The van der Waals surface area contributed by atoms with E-state index in [0.717, 1.165) is 19.4 Å². The van der Waals surface area contributed by atoms with Crippen molar-refractivity contribution in [3.63, 3.8) is 0 Å². The molecule has 0 aromatic rings. The predicted molar refractivity (Wildman–Crippen MR) is 71.3 cm³/mol. The summed E-state index contributed by atoms with van der Waals surface area (Å²) in [5.74, 6) is 0.321. The predicted octanol–water partition coefficient (Wildman–Crippen LogP) is 2.45. The van der Waals surface area contributed by atoms with Crippen molar-refractivity contribution < 1.29 is 17.9 Å². The van der Waals surface area contributed by atoms with E-state index in [1.807, 2.05) is 0 Å². The second-order valence-electron chi connectivity index (χ2n) is 6.70. The van der Waals surface area contributed by atoms with Crippen LogP contribution in [0, 0.1) is 11.3 Å². The van der Waals surface area contributed by atoms with Crippen LogP contribution < -0.4 is 11.1 Å². The monoisotopic (exact) mass is 294 g/mol. The molecule has 2 rings (SSSR count). The lowest BCUT2D eigenvalue weighted by Gasteiger charge is -2.66. The first-order valence-corrected chi connectivity index (χ1v) is 7.36. The fourth-order valence-corrected chi connectivity index (χ4v) is 3.73. The maximum atomic E-state index is 12.1. The van der Waals surface area contributed by atoms with Crippen molar-refractivity contribution in [2.75, 3.05) is 19.7 Å². The second-order valence-corrected chi connectivity index (χ2v) is 6.70. The zero-order valence-electron chi connectivity index (χ0n) is 12.2. The van der Waals surface area contributed by atoms with Crippen LogP contribution in [0.15, 0.2) is 0 Å². The van der Waals surface area contributed by atoms with Crippen molar-refractivity contribution >= 4 is 0 Å². The van der Waals surface area contributed by atoms with E-state index in [9.17, 15) is 13.2 Å². The van der Waals surface area contributed by atoms with E-state index in [1.165, 1.54) is 0 Å². The smallest absolute Gasteiger partial charge is 0.377 e. The minimum Gasteiger partial charge on any atom is -0.377 e. The molecule has 2 fully saturated rings. The van der Waals surface area contributed by atoms with Crippen molar-refractivity contribution in [2.24, 2.45) is 17.1 Å². The average molecular weight is 294 g/mol. The Kier molecular flexibility index (Phi) is 4.38. The summed E-state index contributed by atoms with van der Waals surface area (Å²) in [5.41, 5.74) is 6.03. The number of nitrogens with one attached hydrogen (secondary N) is 1. The van der Waals surface area contributed by atoms with Crippen LogP contribution in [0.2, 0.25) is 0 Å². The molecule has 1 heterocycles. The van der Waals surface area contributed by atoms with E-state index in [2.05, 4.69) is 19.2 Å². The normalized spacial score (nSPS) is 36.3. The SMILES string of the molecule is CC1(C)C2OCCCC2C1(N)CNCCCC(F)(F)F. The van der Waals surface area contributed by atoms with Gasteiger partial charge >= 0.3 is 6.18 Å². The van der Waals surface area contributed by atoms with Crippen LogP contribution in [-0.4, -0.2) is 37.5 Å². The molecule has 3 nitrogen and oxygen atoms in total. The first-order valence-electron chi connectivity index (χ1n) is 7.36. The summed E-state index contributed by atoms with van der Waals surface area (Å²) in [6.07, 6.45) is -2.45. The second kappa shape index (κ2) is 5.46. The van der Waals surface area contributed by atoms with Gasteiger partial charge in [0.15, 0.2) is 0 Å². The Morgan fingerprint density at radius 2 is 2.05 bits per heavy atom. The Balaban J connectivity index is 1.79. The average Bonchev–Trinajstić information content (AvgIpc) is 2.36. The number of hydrogen-bond donors (Lipinski definition) is 2. The lowest BCUT2D eigenvalue weighted by molar-refractivity contribution is -0.225. The molecule has 118 valence electrons. The summed E-state index contributed by atoms with van der Waals surface area (Å²) in [5, 5.41) is 3.11. The van der Waals surface area contributed by atoms with Crippen molar-refractivity contribution in [2.45, 2.75) is 57.3 Å². The third kappa shape index (κ3) is 2.83. The summed E-state index contributed by atoms with van der Waals surface area (Å²) in [6.45, 7) is 5.89. The van der Waals surface area contributed by atoms with E-state index >= 15 is 0 Å². The minimum absolute atomic E-state index is 0.102. The fourth-order valence-electron chi connectivity index (χ4n) is 3.73. The van der Waals surface area contributed by atoms with Gasteiger partial charge in [-0.2, -0.15) is 13.2 Å². The topological polar surface area (TPSA) is 47.3 Å². The zero-order valence-corrected chi connectivity index (χ0v) is 12.2. The van der Waals surface area contributed by atoms with Gasteiger partial charge in [0.25, 0.3) is 0 Å². The summed E-state index contributed by atoms with van der Waals surface area (Å²) < 4.78 is 42.0. The van der Waals surface area contributed by atoms with E-state index in [-0.39, 0.29) is 23.5 Å². The number of nitrogens with two attached hydrogens (primary N) is 1. The maximum Gasteiger partial charge on any atom is 0.389 e. The lowest BCUT2D eigenvalue weighted by Crippen LogP contribution is -2.80. The highest BCUT2D eigenvalue weighted by Gasteiger charge is 2.65. The molecule has 1 saturated carbocycles. The van der Waals surface area contributed by atoms with Gasteiger partial charge in [-0.05, 0) is 25.8 Å². The molecule has 3 atom stereocenters. The Morgan fingerprint density at radius 3 is 2.70 bits per heavy atom. The van der Waals surface area contributed by atoms with Gasteiger partial charge in [-0.25, -0.2) is 0 Å². The van der Waals surface area contributed by atoms with Gasteiger partial charge in [-0.3, -0.25) is 0 Å². The Morgan fingerprint density at radius 1 is 1.35 bits per heavy atom. The van der Waals surface area contributed by atoms with Crippen LogP contribution in [0.5, 0.6) is 0 Å². The first-order chi connectivity index (χ1) is 9.18. The van der Waals surface area contributed by atoms with E-state index in [4.69, 9.17) is 10.5 Å². The van der Waals surface area contributed by atoms with Gasteiger partial charge in [0.1, 0.15) is 0 Å². The van der Waals surface area contributed by atoms with Gasteiger partial charge in [0.05, 0.1) is 6.10 Å². The quantitative estimate of drug-likeness (QED) is 0.766. The van der Waals surface area contributed by atoms with Crippen LogP contribution in [0.1, 0.15) is 39.5 Å². The van der Waals surface area contributed by atoms with Crippen LogP contribution in [0.4, 0.5) is 13.2 Å².